The highest BCUT2D eigenvalue weighted by Gasteiger charge is 2.10. The number of hydrazone groups is 1. The Kier molecular flexibility index (Phi) is 7.09. The molecule has 0 spiro atoms. The molecule has 25 heavy (non-hydrogen) atoms. The van der Waals surface area contributed by atoms with E-state index in [4.69, 9.17) is 21.1 Å². The smallest absolute Gasteiger partial charge is 0.339 e. The molecule has 132 valence electrons. The molecule has 0 unspecified atom stereocenters. The van der Waals surface area contributed by atoms with Gasteiger partial charge in [-0.1, -0.05) is 11.6 Å². The van der Waals surface area contributed by atoms with E-state index in [2.05, 4.69) is 31.8 Å². The van der Waals surface area contributed by atoms with Gasteiger partial charge in [0.2, 0.25) is 0 Å². The number of benzene rings is 2. The summed E-state index contributed by atoms with van der Waals surface area (Å²) in [4.78, 5) is 11.8. The van der Waals surface area contributed by atoms with Crippen molar-refractivity contribution in [3.63, 3.8) is 0 Å². The monoisotopic (exact) mass is 425 g/mol. The molecule has 0 aliphatic carbocycles. The largest absolute Gasteiger partial charge is 0.492 e. The molecule has 0 radical (unpaired) electrons. The minimum atomic E-state index is -0.462. The summed E-state index contributed by atoms with van der Waals surface area (Å²) in [6, 6.07) is 9.88. The molecule has 0 heterocycles. The molecule has 0 aliphatic heterocycles. The van der Waals surface area contributed by atoms with Crippen molar-refractivity contribution in [2.45, 2.75) is 6.92 Å². The molecule has 8 heteroatoms. The maximum atomic E-state index is 11.8. The van der Waals surface area contributed by atoms with Gasteiger partial charge in [0.25, 0.3) is 0 Å². The van der Waals surface area contributed by atoms with Crippen molar-refractivity contribution in [3.05, 3.63) is 51.5 Å². The average Bonchev–Trinajstić information content (AvgIpc) is 2.57. The van der Waals surface area contributed by atoms with Gasteiger partial charge in [-0.2, -0.15) is 5.10 Å². The molecule has 2 N–H and O–H groups in total. The molecule has 2 aromatic rings. The van der Waals surface area contributed by atoms with Gasteiger partial charge >= 0.3 is 6.03 Å². The van der Waals surface area contributed by atoms with Crippen LogP contribution in [-0.4, -0.2) is 26.0 Å². The molecule has 0 aliphatic rings. The highest BCUT2D eigenvalue weighted by atomic mass is 79.9. The number of rotatable bonds is 6. The summed E-state index contributed by atoms with van der Waals surface area (Å²) in [6.07, 6.45) is 1.51. The number of halogens is 2. The van der Waals surface area contributed by atoms with Gasteiger partial charge in [-0.3, -0.25) is 0 Å². The molecule has 2 rings (SSSR count). The van der Waals surface area contributed by atoms with Crippen molar-refractivity contribution in [1.29, 1.82) is 0 Å². The molecule has 0 fully saturated rings. The first-order chi connectivity index (χ1) is 12.0. The van der Waals surface area contributed by atoms with E-state index < -0.39 is 6.03 Å². The lowest BCUT2D eigenvalue weighted by molar-refractivity contribution is 0.252. The van der Waals surface area contributed by atoms with Crippen LogP contribution in [0, 0.1) is 0 Å². The number of methoxy groups -OCH3 is 1. The predicted octanol–water partition coefficient (Wildman–Crippen LogP) is 4.67. The first kappa shape index (κ1) is 19.1. The van der Waals surface area contributed by atoms with Gasteiger partial charge in [0.05, 0.1) is 24.4 Å². The van der Waals surface area contributed by atoms with Gasteiger partial charge in [-0.05, 0) is 64.8 Å². The zero-order valence-corrected chi connectivity index (χ0v) is 16.0. The zero-order chi connectivity index (χ0) is 18.2. The zero-order valence-electron chi connectivity index (χ0n) is 13.7. The highest BCUT2D eigenvalue weighted by molar-refractivity contribution is 9.10. The molecule has 0 atom stereocenters. The third-order valence-corrected chi connectivity index (χ3v) is 3.86. The fourth-order valence-corrected chi connectivity index (χ4v) is 2.73. The fraction of sp³-hybridized carbons (Fsp3) is 0.176. The average molecular weight is 427 g/mol. The number of ether oxygens (including phenoxy) is 2. The van der Waals surface area contributed by atoms with Crippen molar-refractivity contribution in [2.24, 2.45) is 5.10 Å². The standard InChI is InChI=1S/C17H17BrClN3O3/c1-3-25-15-9-11(8-14(18)16(15)24-2)10-20-22-17(23)21-13-6-4-12(19)5-7-13/h4-10H,3H2,1-2H3,(H2,21,22,23)/b20-10-. The van der Waals surface area contributed by atoms with E-state index in [1.807, 2.05) is 13.0 Å². The predicted molar refractivity (Wildman–Crippen MR) is 103 cm³/mol. The van der Waals surface area contributed by atoms with Gasteiger partial charge in [0.1, 0.15) is 0 Å². The lowest BCUT2D eigenvalue weighted by Crippen LogP contribution is -2.24. The van der Waals surface area contributed by atoms with Crippen LogP contribution in [0.1, 0.15) is 12.5 Å². The van der Waals surface area contributed by atoms with Crippen LogP contribution in [0.5, 0.6) is 11.5 Å². The Labute approximate surface area is 159 Å². The third kappa shape index (κ3) is 5.65. The summed E-state index contributed by atoms with van der Waals surface area (Å²) in [5, 5.41) is 7.16. The lowest BCUT2D eigenvalue weighted by Gasteiger charge is -2.11. The second-order valence-electron chi connectivity index (χ2n) is 4.80. The molecule has 0 bridgehead atoms. The van der Waals surface area contributed by atoms with E-state index in [9.17, 15) is 4.79 Å². The molecule has 0 saturated carbocycles. The Morgan fingerprint density at radius 1 is 1.32 bits per heavy atom. The van der Waals surface area contributed by atoms with E-state index in [0.717, 1.165) is 10.0 Å². The molecule has 0 saturated heterocycles. The van der Waals surface area contributed by atoms with Crippen LogP contribution in [0.15, 0.2) is 46.0 Å². The van der Waals surface area contributed by atoms with Gasteiger partial charge in [-0.25, -0.2) is 10.2 Å². The van der Waals surface area contributed by atoms with Crippen molar-refractivity contribution >= 4 is 45.5 Å². The van der Waals surface area contributed by atoms with Crippen molar-refractivity contribution in [3.8, 4) is 11.5 Å². The number of hydrogen-bond donors (Lipinski definition) is 2. The van der Waals surface area contributed by atoms with Crippen molar-refractivity contribution < 1.29 is 14.3 Å². The Bertz CT molecular complexity index is 766. The summed E-state index contributed by atoms with van der Waals surface area (Å²) in [5.74, 6) is 1.19. The first-order valence-corrected chi connectivity index (χ1v) is 8.56. The quantitative estimate of drug-likeness (QED) is 0.521. The number of nitrogens with one attached hydrogen (secondary N) is 2. The van der Waals surface area contributed by atoms with E-state index in [1.54, 1.807) is 37.4 Å². The summed E-state index contributed by atoms with van der Waals surface area (Å²) < 4.78 is 11.6. The molecule has 0 aromatic heterocycles. The van der Waals surface area contributed by atoms with E-state index >= 15 is 0 Å². The first-order valence-electron chi connectivity index (χ1n) is 7.39. The van der Waals surface area contributed by atoms with Gasteiger partial charge in [0, 0.05) is 10.7 Å². The summed E-state index contributed by atoms with van der Waals surface area (Å²) >= 11 is 9.22. The van der Waals surface area contributed by atoms with Crippen molar-refractivity contribution in [1.82, 2.24) is 5.43 Å². The number of anilines is 1. The molecule has 2 amide bonds. The maximum absolute atomic E-state index is 11.8. The SMILES string of the molecule is CCOc1cc(/C=N\NC(=O)Nc2ccc(Cl)cc2)cc(Br)c1OC. The second kappa shape index (κ2) is 9.29. The van der Waals surface area contributed by atoms with Crippen LogP contribution in [0.4, 0.5) is 10.5 Å². The van der Waals surface area contributed by atoms with Gasteiger partial charge in [0.15, 0.2) is 11.5 Å². The van der Waals surface area contributed by atoms with Crippen LogP contribution in [-0.2, 0) is 0 Å². The number of hydrogen-bond acceptors (Lipinski definition) is 4. The lowest BCUT2D eigenvalue weighted by atomic mass is 10.2. The molecular weight excluding hydrogens is 410 g/mol. The Morgan fingerprint density at radius 3 is 2.68 bits per heavy atom. The minimum Gasteiger partial charge on any atom is -0.492 e. The van der Waals surface area contributed by atoms with Crippen LogP contribution < -0.4 is 20.2 Å². The second-order valence-corrected chi connectivity index (χ2v) is 6.09. The maximum Gasteiger partial charge on any atom is 0.339 e. The van der Waals surface area contributed by atoms with E-state index in [1.165, 1.54) is 6.21 Å². The van der Waals surface area contributed by atoms with Crippen LogP contribution in [0.3, 0.4) is 0 Å². The summed E-state index contributed by atoms with van der Waals surface area (Å²) in [6.45, 7) is 2.39. The van der Waals surface area contributed by atoms with E-state index in [-0.39, 0.29) is 0 Å². The number of amides is 2. The Morgan fingerprint density at radius 2 is 2.04 bits per heavy atom. The summed E-state index contributed by atoms with van der Waals surface area (Å²) in [7, 11) is 1.57. The van der Waals surface area contributed by atoms with Crippen LogP contribution in [0.25, 0.3) is 0 Å². The molecule has 6 nitrogen and oxygen atoms in total. The van der Waals surface area contributed by atoms with Crippen molar-refractivity contribution in [2.75, 3.05) is 19.0 Å². The van der Waals surface area contributed by atoms with Gasteiger partial charge < -0.3 is 14.8 Å². The van der Waals surface area contributed by atoms with Crippen LogP contribution >= 0.6 is 27.5 Å². The van der Waals surface area contributed by atoms with E-state index in [0.29, 0.717) is 28.8 Å². The van der Waals surface area contributed by atoms with Gasteiger partial charge in [-0.15, -0.1) is 0 Å². The molecular formula is C17H17BrClN3O3. The number of nitrogens with zero attached hydrogens (tertiary/aromatic N) is 1. The Hall–Kier alpha value is -2.25. The van der Waals surface area contributed by atoms with Crippen LogP contribution in [0.2, 0.25) is 5.02 Å². The Balaban J connectivity index is 2.01. The number of carbonyl (C=O) groups is 1. The number of urea groups is 1. The highest BCUT2D eigenvalue weighted by Crippen LogP contribution is 2.36. The summed E-state index contributed by atoms with van der Waals surface area (Å²) in [5.41, 5.74) is 3.75. The third-order valence-electron chi connectivity index (χ3n) is 3.02. The molecule has 2 aromatic carbocycles. The topological polar surface area (TPSA) is 72.0 Å². The fourth-order valence-electron chi connectivity index (χ4n) is 1.98. The minimum absolute atomic E-state index is 0.462. The number of carbonyl (C=O) groups excluding carboxylic acids is 1. The normalized spacial score (nSPS) is 10.6.